The quantitative estimate of drug-likeness (QED) is 0.585. The topological polar surface area (TPSA) is 114 Å². The summed E-state index contributed by atoms with van der Waals surface area (Å²) >= 11 is 0. The Hall–Kier alpha value is -2.97. The minimum absolute atomic E-state index is 0.0363. The summed E-state index contributed by atoms with van der Waals surface area (Å²) in [6.07, 6.45) is 3.84. The van der Waals surface area contributed by atoms with Gasteiger partial charge in [0.2, 0.25) is 5.89 Å². The van der Waals surface area contributed by atoms with E-state index < -0.39 is 4.92 Å². The van der Waals surface area contributed by atoms with E-state index >= 15 is 0 Å². The van der Waals surface area contributed by atoms with E-state index in [0.717, 1.165) is 37.4 Å². The van der Waals surface area contributed by atoms with E-state index in [9.17, 15) is 14.9 Å². The Morgan fingerprint density at radius 1 is 1.24 bits per heavy atom. The van der Waals surface area contributed by atoms with Gasteiger partial charge in [-0.15, -0.1) is 0 Å². The third kappa shape index (κ3) is 4.23. The van der Waals surface area contributed by atoms with Gasteiger partial charge < -0.3 is 14.7 Å². The van der Waals surface area contributed by atoms with Crippen LogP contribution >= 0.6 is 0 Å². The highest BCUT2D eigenvalue weighted by Gasteiger charge is 2.32. The Bertz CT molecular complexity index is 913. The van der Waals surface area contributed by atoms with Crippen LogP contribution in [0.5, 0.6) is 0 Å². The molecule has 0 atom stereocenters. The third-order valence-corrected chi connectivity index (χ3v) is 5.44. The minimum atomic E-state index is -0.422. The molecule has 29 heavy (non-hydrogen) atoms. The molecule has 1 aromatic carbocycles. The van der Waals surface area contributed by atoms with Gasteiger partial charge in [0, 0.05) is 42.6 Å². The molecular weight excluding hydrogens is 374 g/mol. The number of anilines is 1. The van der Waals surface area contributed by atoms with E-state index in [0.29, 0.717) is 30.3 Å². The molecule has 0 spiro atoms. The molecule has 1 aliphatic heterocycles. The molecule has 154 valence electrons. The summed E-state index contributed by atoms with van der Waals surface area (Å²) in [5.74, 6) is 1.83. The van der Waals surface area contributed by atoms with Crippen molar-refractivity contribution in [3.05, 3.63) is 45.6 Å². The van der Waals surface area contributed by atoms with Gasteiger partial charge in [0.15, 0.2) is 5.82 Å². The normalized spacial score (nSPS) is 17.6. The summed E-state index contributed by atoms with van der Waals surface area (Å²) in [6.45, 7) is 5.02. The zero-order valence-electron chi connectivity index (χ0n) is 16.6. The highest BCUT2D eigenvalue weighted by atomic mass is 16.6. The molecule has 9 nitrogen and oxygen atoms in total. The fourth-order valence-corrected chi connectivity index (χ4v) is 3.71. The molecule has 1 aliphatic carbocycles. The number of nitro benzene ring substituents is 1. The van der Waals surface area contributed by atoms with Crippen molar-refractivity contribution in [2.45, 2.75) is 57.4 Å². The van der Waals surface area contributed by atoms with Crippen LogP contribution in [0.1, 0.15) is 73.4 Å². The van der Waals surface area contributed by atoms with Crippen LogP contribution in [0.4, 0.5) is 11.4 Å². The molecule has 9 heteroatoms. The van der Waals surface area contributed by atoms with Gasteiger partial charge in [-0.2, -0.15) is 4.98 Å². The monoisotopic (exact) mass is 399 g/mol. The number of carbonyl (C=O) groups is 1. The first-order valence-corrected chi connectivity index (χ1v) is 10.1. The molecule has 0 bridgehead atoms. The van der Waals surface area contributed by atoms with E-state index in [1.54, 1.807) is 12.1 Å². The van der Waals surface area contributed by atoms with Gasteiger partial charge in [-0.25, -0.2) is 0 Å². The number of nitro groups is 1. The molecule has 2 aliphatic rings. The van der Waals surface area contributed by atoms with E-state index in [-0.39, 0.29) is 23.6 Å². The number of piperidine rings is 1. The van der Waals surface area contributed by atoms with Crippen LogP contribution in [-0.2, 0) is 0 Å². The zero-order chi connectivity index (χ0) is 20.5. The SMILES string of the molecule is CC(C)NC(=O)c1ccc(N2CCC(c3noc(C4CC4)n3)CC2)c([N+](=O)[O-])c1. The Balaban J connectivity index is 1.46. The van der Waals surface area contributed by atoms with Gasteiger partial charge in [0.05, 0.1) is 4.92 Å². The van der Waals surface area contributed by atoms with Crippen LogP contribution in [0.15, 0.2) is 22.7 Å². The molecule has 4 rings (SSSR count). The number of rotatable bonds is 6. The minimum Gasteiger partial charge on any atom is -0.366 e. The summed E-state index contributed by atoms with van der Waals surface area (Å²) in [4.78, 5) is 30.0. The molecule has 1 saturated carbocycles. The molecule has 1 N–H and O–H groups in total. The molecular formula is C20H25N5O4. The van der Waals surface area contributed by atoms with Crippen LogP contribution in [0, 0.1) is 10.1 Å². The first-order chi connectivity index (χ1) is 13.9. The average molecular weight is 399 g/mol. The van der Waals surface area contributed by atoms with Gasteiger partial charge in [-0.3, -0.25) is 14.9 Å². The number of aromatic nitrogens is 2. The maximum absolute atomic E-state index is 12.2. The second-order valence-electron chi connectivity index (χ2n) is 8.12. The van der Waals surface area contributed by atoms with Crippen molar-refractivity contribution in [2.24, 2.45) is 0 Å². The lowest BCUT2D eigenvalue weighted by Gasteiger charge is -2.32. The lowest BCUT2D eigenvalue weighted by atomic mass is 9.95. The number of nitrogens with zero attached hydrogens (tertiary/aromatic N) is 4. The maximum atomic E-state index is 12.2. The van der Waals surface area contributed by atoms with Gasteiger partial charge in [-0.1, -0.05) is 5.16 Å². The van der Waals surface area contributed by atoms with Crippen molar-refractivity contribution < 1.29 is 14.2 Å². The third-order valence-electron chi connectivity index (χ3n) is 5.44. The van der Waals surface area contributed by atoms with Crippen molar-refractivity contribution in [1.29, 1.82) is 0 Å². The summed E-state index contributed by atoms with van der Waals surface area (Å²) in [5.41, 5.74) is 0.792. The van der Waals surface area contributed by atoms with Crippen LogP contribution in [0.2, 0.25) is 0 Å². The predicted octanol–water partition coefficient (Wildman–Crippen LogP) is 3.38. The number of amides is 1. The lowest BCUT2D eigenvalue weighted by Crippen LogP contribution is -2.34. The molecule has 2 fully saturated rings. The van der Waals surface area contributed by atoms with Gasteiger partial charge in [0.1, 0.15) is 5.69 Å². The highest BCUT2D eigenvalue weighted by molar-refractivity contribution is 5.96. The largest absolute Gasteiger partial charge is 0.366 e. The van der Waals surface area contributed by atoms with E-state index in [2.05, 4.69) is 15.5 Å². The number of hydrogen-bond acceptors (Lipinski definition) is 7. The van der Waals surface area contributed by atoms with Gasteiger partial charge in [-0.05, 0) is 51.7 Å². The first kappa shape index (κ1) is 19.4. The molecule has 1 amide bonds. The second-order valence-corrected chi connectivity index (χ2v) is 8.12. The summed E-state index contributed by atoms with van der Waals surface area (Å²) in [5, 5.41) is 18.5. The molecule has 0 unspecified atom stereocenters. The molecule has 2 heterocycles. The number of hydrogen-bond donors (Lipinski definition) is 1. The van der Waals surface area contributed by atoms with Crippen molar-refractivity contribution >= 4 is 17.3 Å². The number of nitrogens with one attached hydrogen (secondary N) is 1. The van der Waals surface area contributed by atoms with Crippen LogP contribution in [0.25, 0.3) is 0 Å². The second kappa shape index (κ2) is 7.81. The first-order valence-electron chi connectivity index (χ1n) is 10.1. The lowest BCUT2D eigenvalue weighted by molar-refractivity contribution is -0.384. The Morgan fingerprint density at radius 2 is 1.97 bits per heavy atom. The molecule has 2 aromatic rings. The van der Waals surface area contributed by atoms with Gasteiger partial charge >= 0.3 is 0 Å². The standard InChI is InChI=1S/C20H25N5O4/c1-12(2)21-19(26)15-5-6-16(17(11-15)25(27)28)24-9-7-13(8-10-24)18-22-20(29-23-18)14-3-4-14/h5-6,11-14H,3-4,7-10H2,1-2H3,(H,21,26). The summed E-state index contributed by atoms with van der Waals surface area (Å²) < 4.78 is 5.36. The van der Waals surface area contributed by atoms with E-state index in [1.165, 1.54) is 6.07 Å². The maximum Gasteiger partial charge on any atom is 0.293 e. The summed E-state index contributed by atoms with van der Waals surface area (Å²) in [6, 6.07) is 4.65. The van der Waals surface area contributed by atoms with Crippen molar-refractivity contribution in [3.63, 3.8) is 0 Å². The summed E-state index contributed by atoms with van der Waals surface area (Å²) in [7, 11) is 0. The Morgan fingerprint density at radius 3 is 2.59 bits per heavy atom. The van der Waals surface area contributed by atoms with Gasteiger partial charge in [0.25, 0.3) is 11.6 Å². The van der Waals surface area contributed by atoms with Crippen molar-refractivity contribution in [1.82, 2.24) is 15.5 Å². The van der Waals surface area contributed by atoms with Crippen LogP contribution in [-0.4, -0.2) is 40.1 Å². The van der Waals surface area contributed by atoms with Crippen molar-refractivity contribution in [2.75, 3.05) is 18.0 Å². The van der Waals surface area contributed by atoms with Crippen LogP contribution in [0.3, 0.4) is 0 Å². The molecule has 1 saturated heterocycles. The molecule has 1 aromatic heterocycles. The fraction of sp³-hybridized carbons (Fsp3) is 0.550. The number of carbonyl (C=O) groups excluding carboxylic acids is 1. The average Bonchev–Trinajstić information content (AvgIpc) is 3.44. The predicted molar refractivity (Wildman–Crippen MR) is 106 cm³/mol. The zero-order valence-corrected chi connectivity index (χ0v) is 16.6. The Kier molecular flexibility index (Phi) is 5.21. The van der Waals surface area contributed by atoms with Crippen molar-refractivity contribution in [3.8, 4) is 0 Å². The molecule has 0 radical (unpaired) electrons. The smallest absolute Gasteiger partial charge is 0.293 e. The highest BCUT2D eigenvalue weighted by Crippen LogP contribution is 2.40. The van der Waals surface area contributed by atoms with E-state index in [1.807, 2.05) is 18.7 Å². The fourth-order valence-electron chi connectivity index (χ4n) is 3.71. The Labute approximate surface area is 168 Å². The van der Waals surface area contributed by atoms with E-state index in [4.69, 9.17) is 4.52 Å². The number of benzene rings is 1. The van der Waals surface area contributed by atoms with Crippen LogP contribution < -0.4 is 10.2 Å².